The van der Waals surface area contributed by atoms with Crippen LogP contribution in [0.1, 0.15) is 0 Å². The summed E-state index contributed by atoms with van der Waals surface area (Å²) >= 11 is 2.70. The van der Waals surface area contributed by atoms with E-state index in [1.54, 1.807) is 0 Å². The molecule has 96 valence electrons. The molecular formula is C7H8BrF5O3. The number of hydrogen-bond acceptors (Lipinski definition) is 3. The van der Waals surface area contributed by atoms with E-state index in [0.29, 0.717) is 0 Å². The lowest BCUT2D eigenvalue weighted by Gasteiger charge is -2.19. The van der Waals surface area contributed by atoms with Gasteiger partial charge in [0, 0.05) is 0 Å². The van der Waals surface area contributed by atoms with Gasteiger partial charge in [-0.3, -0.25) is 4.79 Å². The lowest BCUT2D eigenvalue weighted by atomic mass is 10.3. The molecule has 1 atom stereocenters. The highest BCUT2D eigenvalue weighted by Crippen LogP contribution is 2.35. The Labute approximate surface area is 96.0 Å². The third kappa shape index (κ3) is 4.60. The predicted octanol–water partition coefficient (Wildman–Crippen LogP) is 2.14. The summed E-state index contributed by atoms with van der Waals surface area (Å²) in [4.78, 5) is 9.62. The van der Waals surface area contributed by atoms with E-state index in [1.165, 1.54) is 0 Å². The third-order valence-electron chi connectivity index (χ3n) is 1.42. The molecule has 0 aromatic heterocycles. The molecule has 0 amide bonds. The van der Waals surface area contributed by atoms with Crippen molar-refractivity contribution in [3.05, 3.63) is 0 Å². The molecular weight excluding hydrogens is 307 g/mol. The average molecular weight is 315 g/mol. The molecule has 0 spiro atoms. The van der Waals surface area contributed by atoms with Gasteiger partial charge < -0.3 is 9.47 Å². The summed E-state index contributed by atoms with van der Waals surface area (Å²) < 4.78 is 67.8. The van der Waals surface area contributed by atoms with E-state index in [-0.39, 0.29) is 0 Å². The van der Waals surface area contributed by atoms with Crippen molar-refractivity contribution >= 4 is 21.9 Å². The van der Waals surface area contributed by atoms with Crippen LogP contribution in [0, 0.1) is 0 Å². The summed E-state index contributed by atoms with van der Waals surface area (Å²) in [6.07, 6.45) is -5.67. The van der Waals surface area contributed by atoms with Crippen molar-refractivity contribution in [1.29, 1.82) is 0 Å². The Hall–Kier alpha value is -0.440. The Morgan fingerprint density at radius 2 is 1.81 bits per heavy atom. The van der Waals surface area contributed by atoms with Crippen LogP contribution in [0.4, 0.5) is 22.0 Å². The first-order valence-corrected chi connectivity index (χ1v) is 4.77. The van der Waals surface area contributed by atoms with Gasteiger partial charge in [-0.2, -0.15) is 22.0 Å². The van der Waals surface area contributed by atoms with Gasteiger partial charge in [0.25, 0.3) is 0 Å². The van der Waals surface area contributed by atoms with Crippen LogP contribution in [0.5, 0.6) is 0 Å². The normalized spacial score (nSPS) is 14.7. The molecule has 0 aromatic carbocycles. The first kappa shape index (κ1) is 15.6. The van der Waals surface area contributed by atoms with E-state index in [2.05, 4.69) is 25.4 Å². The second-order valence-corrected chi connectivity index (χ2v) is 3.81. The fourth-order valence-corrected chi connectivity index (χ4v) is 0.942. The molecule has 0 bridgehead atoms. The summed E-state index contributed by atoms with van der Waals surface area (Å²) in [6, 6.07) is 0. The maximum absolute atomic E-state index is 12.3. The van der Waals surface area contributed by atoms with Crippen molar-refractivity contribution in [3.63, 3.8) is 0 Å². The second kappa shape index (κ2) is 5.76. The van der Waals surface area contributed by atoms with E-state index in [0.717, 1.165) is 7.11 Å². The molecule has 3 nitrogen and oxygen atoms in total. The van der Waals surface area contributed by atoms with Crippen LogP contribution in [0.2, 0.25) is 0 Å². The third-order valence-corrected chi connectivity index (χ3v) is 2.06. The molecule has 0 heterocycles. The lowest BCUT2D eigenvalue weighted by molar-refractivity contribution is -0.296. The van der Waals surface area contributed by atoms with Gasteiger partial charge in [0.2, 0.25) is 0 Å². The monoisotopic (exact) mass is 314 g/mol. The molecule has 0 aliphatic heterocycles. The van der Waals surface area contributed by atoms with Crippen LogP contribution in [-0.4, -0.2) is 43.2 Å². The fourth-order valence-electron chi connectivity index (χ4n) is 0.568. The van der Waals surface area contributed by atoms with Crippen LogP contribution in [-0.2, 0) is 14.3 Å². The summed E-state index contributed by atoms with van der Waals surface area (Å²) in [7, 11) is 1.04. The Balaban J connectivity index is 4.04. The predicted molar refractivity (Wildman–Crippen MR) is 46.6 cm³/mol. The van der Waals surface area contributed by atoms with E-state index in [9.17, 15) is 26.7 Å². The summed E-state index contributed by atoms with van der Waals surface area (Å²) in [5.41, 5.74) is 0. The minimum atomic E-state index is -5.67. The zero-order chi connectivity index (χ0) is 13.0. The van der Waals surface area contributed by atoms with Crippen molar-refractivity contribution in [2.24, 2.45) is 0 Å². The van der Waals surface area contributed by atoms with Crippen molar-refractivity contribution in [2.75, 3.05) is 20.3 Å². The molecule has 0 aromatic rings. The molecule has 0 radical (unpaired) electrons. The van der Waals surface area contributed by atoms with Gasteiger partial charge >= 0.3 is 18.1 Å². The van der Waals surface area contributed by atoms with Crippen LogP contribution < -0.4 is 0 Å². The maximum Gasteiger partial charge on any atom is 0.455 e. The van der Waals surface area contributed by atoms with Crippen molar-refractivity contribution in [1.82, 2.24) is 0 Å². The second-order valence-electron chi connectivity index (χ2n) is 2.71. The summed E-state index contributed by atoms with van der Waals surface area (Å²) in [5.74, 6) is -5.76. The Kier molecular flexibility index (Phi) is 5.60. The minimum absolute atomic E-state index is 0.641. The highest BCUT2D eigenvalue weighted by atomic mass is 79.9. The number of alkyl halides is 6. The highest BCUT2D eigenvalue weighted by Gasteiger charge is 2.57. The molecule has 0 rings (SSSR count). The number of ether oxygens (including phenoxy) is 2. The van der Waals surface area contributed by atoms with Gasteiger partial charge in [0.05, 0.1) is 13.7 Å². The van der Waals surface area contributed by atoms with E-state index < -0.39 is 36.1 Å². The largest absolute Gasteiger partial charge is 0.468 e. The van der Waals surface area contributed by atoms with Gasteiger partial charge in [-0.25, -0.2) is 0 Å². The highest BCUT2D eigenvalue weighted by molar-refractivity contribution is 9.10. The van der Waals surface area contributed by atoms with E-state index in [1.807, 2.05) is 0 Å². The van der Waals surface area contributed by atoms with Crippen LogP contribution in [0.25, 0.3) is 0 Å². The summed E-state index contributed by atoms with van der Waals surface area (Å²) in [5, 5.41) is 0. The Morgan fingerprint density at radius 1 is 1.31 bits per heavy atom. The van der Waals surface area contributed by atoms with Gasteiger partial charge in [0.15, 0.2) is 0 Å². The molecule has 1 unspecified atom stereocenters. The topological polar surface area (TPSA) is 35.5 Å². The zero-order valence-electron chi connectivity index (χ0n) is 7.98. The molecule has 0 N–H and O–H groups in total. The molecule has 0 saturated carbocycles. The molecule has 0 aliphatic carbocycles. The van der Waals surface area contributed by atoms with Gasteiger partial charge in [-0.1, -0.05) is 15.9 Å². The number of methoxy groups -OCH3 is 1. The quantitative estimate of drug-likeness (QED) is 0.443. The molecule has 0 aliphatic rings. The molecule has 16 heavy (non-hydrogen) atoms. The number of esters is 1. The van der Waals surface area contributed by atoms with Crippen LogP contribution >= 0.6 is 15.9 Å². The first-order valence-electron chi connectivity index (χ1n) is 3.86. The van der Waals surface area contributed by atoms with Crippen molar-refractivity contribution in [2.45, 2.75) is 16.9 Å². The molecule has 0 fully saturated rings. The van der Waals surface area contributed by atoms with E-state index in [4.69, 9.17) is 0 Å². The number of carbonyl (C=O) groups excluding carboxylic acids is 1. The average Bonchev–Trinajstić information content (AvgIpc) is 2.14. The van der Waals surface area contributed by atoms with Crippen molar-refractivity contribution < 1.29 is 36.2 Å². The number of halogens is 6. The standard InChI is InChI=1S/C7H8BrF5O3/c1-15-5(14)4(8)2-16-3-6(9,10)7(11,12)13/h4H,2-3H2,1H3. The minimum Gasteiger partial charge on any atom is -0.468 e. The van der Waals surface area contributed by atoms with Gasteiger partial charge in [0.1, 0.15) is 11.4 Å². The van der Waals surface area contributed by atoms with Crippen LogP contribution in [0.3, 0.4) is 0 Å². The molecule has 0 saturated heterocycles. The number of hydrogen-bond donors (Lipinski definition) is 0. The van der Waals surface area contributed by atoms with Crippen molar-refractivity contribution in [3.8, 4) is 0 Å². The number of rotatable bonds is 5. The SMILES string of the molecule is COC(=O)C(Br)COCC(F)(F)C(F)(F)F. The number of carbonyl (C=O) groups is 1. The Bertz CT molecular complexity index is 243. The zero-order valence-corrected chi connectivity index (χ0v) is 9.57. The fraction of sp³-hybridized carbons (Fsp3) is 0.857. The van der Waals surface area contributed by atoms with E-state index >= 15 is 0 Å². The van der Waals surface area contributed by atoms with Gasteiger partial charge in [-0.05, 0) is 0 Å². The smallest absolute Gasteiger partial charge is 0.455 e. The molecule has 9 heteroatoms. The Morgan fingerprint density at radius 3 is 2.19 bits per heavy atom. The first-order chi connectivity index (χ1) is 7.12. The van der Waals surface area contributed by atoms with Gasteiger partial charge in [-0.15, -0.1) is 0 Å². The van der Waals surface area contributed by atoms with Crippen LogP contribution in [0.15, 0.2) is 0 Å². The lowest BCUT2D eigenvalue weighted by Crippen LogP contribution is -2.41. The summed E-state index contributed by atoms with van der Waals surface area (Å²) in [6.45, 7) is -2.48. The maximum atomic E-state index is 12.3.